The lowest BCUT2D eigenvalue weighted by atomic mass is 10.2. The molecule has 7 heteroatoms. The minimum absolute atomic E-state index is 0. The Bertz CT molecular complexity index is 686. The third kappa shape index (κ3) is 7.01. The first-order valence-electron chi connectivity index (χ1n) is 8.80. The lowest BCUT2D eigenvalue weighted by Gasteiger charge is -2.32. The van der Waals surface area contributed by atoms with Crippen LogP contribution in [0.5, 0.6) is 5.75 Å². The molecule has 27 heavy (non-hydrogen) atoms. The standard InChI is InChI=1S/C20H26ClN3O2.ClH/c1-15(2)23(16(3)4)12-13-24(19-11-10-17(21)14-22-19)20(25)26-18-8-6-5-7-9-18;/h5-11,14-16H,12-13H2,1-4H3;1H. The van der Waals surface area contributed by atoms with Gasteiger partial charge in [0.2, 0.25) is 0 Å². The predicted molar refractivity (Wildman–Crippen MR) is 113 cm³/mol. The average Bonchev–Trinajstić information content (AvgIpc) is 2.60. The predicted octanol–water partition coefficient (Wildman–Crippen LogP) is 5.28. The summed E-state index contributed by atoms with van der Waals surface area (Å²) in [7, 11) is 0. The number of carbonyl (C=O) groups is 1. The fraction of sp³-hybridized carbons (Fsp3) is 0.400. The molecule has 0 spiro atoms. The molecular formula is C20H27Cl2N3O2. The van der Waals surface area contributed by atoms with E-state index in [0.717, 1.165) is 0 Å². The number of ether oxygens (including phenoxy) is 1. The molecule has 1 aromatic carbocycles. The molecule has 1 amide bonds. The summed E-state index contributed by atoms with van der Waals surface area (Å²) in [6.45, 7) is 9.76. The van der Waals surface area contributed by atoms with Crippen LogP contribution in [0.4, 0.5) is 10.6 Å². The number of aromatic nitrogens is 1. The molecule has 0 saturated carbocycles. The van der Waals surface area contributed by atoms with Crippen LogP contribution in [0.2, 0.25) is 5.02 Å². The van der Waals surface area contributed by atoms with Crippen molar-refractivity contribution in [2.45, 2.75) is 39.8 Å². The van der Waals surface area contributed by atoms with E-state index in [1.54, 1.807) is 29.2 Å². The maximum Gasteiger partial charge on any atom is 0.420 e. The van der Waals surface area contributed by atoms with E-state index in [0.29, 0.717) is 41.8 Å². The second kappa shape index (κ2) is 11.1. The Kier molecular flexibility index (Phi) is 9.56. The molecule has 1 heterocycles. The van der Waals surface area contributed by atoms with Crippen molar-refractivity contribution in [3.63, 3.8) is 0 Å². The fourth-order valence-electron chi connectivity index (χ4n) is 2.80. The van der Waals surface area contributed by atoms with Crippen molar-refractivity contribution in [3.05, 3.63) is 53.7 Å². The van der Waals surface area contributed by atoms with Gasteiger partial charge in [0.05, 0.1) is 5.02 Å². The van der Waals surface area contributed by atoms with Gasteiger partial charge in [0.1, 0.15) is 11.6 Å². The van der Waals surface area contributed by atoms with Crippen LogP contribution in [0.15, 0.2) is 48.7 Å². The van der Waals surface area contributed by atoms with Gasteiger partial charge in [-0.05, 0) is 52.0 Å². The Labute approximate surface area is 172 Å². The molecule has 0 N–H and O–H groups in total. The topological polar surface area (TPSA) is 45.7 Å². The van der Waals surface area contributed by atoms with Crippen LogP contribution in [-0.4, -0.2) is 41.2 Å². The molecule has 148 valence electrons. The number of nitrogens with zero attached hydrogens (tertiary/aromatic N) is 3. The summed E-state index contributed by atoms with van der Waals surface area (Å²) in [6.07, 6.45) is 1.07. The first-order valence-corrected chi connectivity index (χ1v) is 9.18. The number of pyridine rings is 1. The zero-order valence-electron chi connectivity index (χ0n) is 16.1. The van der Waals surface area contributed by atoms with E-state index in [1.165, 1.54) is 6.20 Å². The van der Waals surface area contributed by atoms with Crippen LogP contribution in [0.1, 0.15) is 27.7 Å². The highest BCUT2D eigenvalue weighted by Gasteiger charge is 2.22. The molecule has 0 radical (unpaired) electrons. The Morgan fingerprint density at radius 3 is 2.19 bits per heavy atom. The van der Waals surface area contributed by atoms with Crippen molar-refractivity contribution in [2.75, 3.05) is 18.0 Å². The van der Waals surface area contributed by atoms with E-state index in [2.05, 4.69) is 37.6 Å². The second-order valence-corrected chi connectivity index (χ2v) is 7.03. The average molecular weight is 412 g/mol. The van der Waals surface area contributed by atoms with Gasteiger partial charge in [0, 0.05) is 31.4 Å². The van der Waals surface area contributed by atoms with Crippen LogP contribution in [0.25, 0.3) is 0 Å². The maximum atomic E-state index is 12.8. The number of hydrogen-bond acceptors (Lipinski definition) is 4. The molecule has 0 bridgehead atoms. The van der Waals surface area contributed by atoms with Gasteiger partial charge in [0.15, 0.2) is 0 Å². The highest BCUT2D eigenvalue weighted by molar-refractivity contribution is 6.30. The van der Waals surface area contributed by atoms with E-state index in [-0.39, 0.29) is 12.4 Å². The molecule has 0 unspecified atom stereocenters. The highest BCUT2D eigenvalue weighted by atomic mass is 35.5. The monoisotopic (exact) mass is 411 g/mol. The van der Waals surface area contributed by atoms with Gasteiger partial charge >= 0.3 is 6.09 Å². The number of carbonyl (C=O) groups excluding carboxylic acids is 1. The number of benzene rings is 1. The quantitative estimate of drug-likeness (QED) is 0.621. The molecular weight excluding hydrogens is 385 g/mol. The molecule has 2 aromatic rings. The molecule has 1 aromatic heterocycles. The van der Waals surface area contributed by atoms with Gasteiger partial charge in [-0.15, -0.1) is 12.4 Å². The van der Waals surface area contributed by atoms with Gasteiger partial charge < -0.3 is 4.74 Å². The van der Waals surface area contributed by atoms with Crippen molar-refractivity contribution in [3.8, 4) is 5.75 Å². The van der Waals surface area contributed by atoms with Gasteiger partial charge in [-0.2, -0.15) is 0 Å². The first-order chi connectivity index (χ1) is 12.4. The zero-order chi connectivity index (χ0) is 19.1. The summed E-state index contributed by atoms with van der Waals surface area (Å²) in [5.74, 6) is 1.02. The molecule has 0 aliphatic carbocycles. The van der Waals surface area contributed by atoms with Crippen LogP contribution >= 0.6 is 24.0 Å². The summed E-state index contributed by atoms with van der Waals surface area (Å²) in [4.78, 5) is 20.9. The van der Waals surface area contributed by atoms with Crippen molar-refractivity contribution in [2.24, 2.45) is 0 Å². The summed E-state index contributed by atoms with van der Waals surface area (Å²) in [6, 6.07) is 13.2. The Morgan fingerprint density at radius 2 is 1.67 bits per heavy atom. The highest BCUT2D eigenvalue weighted by Crippen LogP contribution is 2.18. The minimum atomic E-state index is -0.460. The number of halogens is 2. The summed E-state index contributed by atoms with van der Waals surface area (Å²) < 4.78 is 5.51. The number of anilines is 1. The second-order valence-electron chi connectivity index (χ2n) is 6.59. The molecule has 0 fully saturated rings. The number of rotatable bonds is 7. The van der Waals surface area contributed by atoms with Gasteiger partial charge in [-0.3, -0.25) is 9.80 Å². The zero-order valence-corrected chi connectivity index (χ0v) is 17.7. The molecule has 0 aliphatic heterocycles. The van der Waals surface area contributed by atoms with Crippen molar-refractivity contribution >= 4 is 35.9 Å². The summed E-state index contributed by atoms with van der Waals surface area (Å²) in [5.41, 5.74) is 0. The number of hydrogen-bond donors (Lipinski definition) is 0. The summed E-state index contributed by atoms with van der Waals surface area (Å²) >= 11 is 5.93. The van der Waals surface area contributed by atoms with Crippen LogP contribution in [0.3, 0.4) is 0 Å². The lowest BCUT2D eigenvalue weighted by Crippen LogP contribution is -2.45. The molecule has 0 atom stereocenters. The first kappa shape index (κ1) is 23.2. The van der Waals surface area contributed by atoms with Gasteiger partial charge in [-0.1, -0.05) is 29.8 Å². The Morgan fingerprint density at radius 1 is 1.04 bits per heavy atom. The van der Waals surface area contributed by atoms with E-state index in [1.807, 2.05) is 18.2 Å². The van der Waals surface area contributed by atoms with E-state index in [9.17, 15) is 4.79 Å². The van der Waals surface area contributed by atoms with E-state index in [4.69, 9.17) is 16.3 Å². The van der Waals surface area contributed by atoms with Crippen LogP contribution in [-0.2, 0) is 0 Å². The summed E-state index contributed by atoms with van der Waals surface area (Å²) in [5, 5.41) is 0.524. The molecule has 5 nitrogen and oxygen atoms in total. The largest absolute Gasteiger partial charge is 0.420 e. The van der Waals surface area contributed by atoms with E-state index < -0.39 is 6.09 Å². The van der Waals surface area contributed by atoms with Crippen LogP contribution in [0, 0.1) is 0 Å². The molecule has 0 aliphatic rings. The third-order valence-corrected chi connectivity index (χ3v) is 4.29. The maximum absolute atomic E-state index is 12.8. The lowest BCUT2D eigenvalue weighted by molar-refractivity contribution is 0.174. The normalized spacial score (nSPS) is 10.8. The molecule has 0 saturated heterocycles. The van der Waals surface area contributed by atoms with Gasteiger partial charge in [-0.25, -0.2) is 9.78 Å². The Balaban J connectivity index is 0.00000364. The Hall–Kier alpha value is -1.82. The van der Waals surface area contributed by atoms with Crippen molar-refractivity contribution in [1.29, 1.82) is 0 Å². The third-order valence-electron chi connectivity index (χ3n) is 4.07. The number of para-hydroxylation sites is 1. The molecule has 2 rings (SSSR count). The van der Waals surface area contributed by atoms with E-state index >= 15 is 0 Å². The van der Waals surface area contributed by atoms with Crippen LogP contribution < -0.4 is 9.64 Å². The van der Waals surface area contributed by atoms with Crippen molar-refractivity contribution in [1.82, 2.24) is 9.88 Å². The smallest absolute Gasteiger partial charge is 0.410 e. The fourth-order valence-corrected chi connectivity index (χ4v) is 2.91. The minimum Gasteiger partial charge on any atom is -0.410 e. The van der Waals surface area contributed by atoms with Crippen molar-refractivity contribution < 1.29 is 9.53 Å². The SMILES string of the molecule is CC(C)N(CCN(C(=O)Oc1ccccc1)c1ccc(Cl)cn1)C(C)C.Cl. The van der Waals surface area contributed by atoms with Gasteiger partial charge in [0.25, 0.3) is 0 Å². The number of amides is 1.